The zero-order valence-electron chi connectivity index (χ0n) is 11.9. The lowest BCUT2D eigenvalue weighted by molar-refractivity contribution is 0.564. The van der Waals surface area contributed by atoms with Gasteiger partial charge in [0, 0.05) is 18.0 Å². The average Bonchev–Trinajstić information content (AvgIpc) is 2.50. The number of hydrogen-bond acceptors (Lipinski definition) is 5. The molecule has 3 rings (SSSR count). The molecule has 4 nitrogen and oxygen atoms in total. The van der Waals surface area contributed by atoms with Crippen LogP contribution in [0.15, 0.2) is 34.3 Å². The summed E-state index contributed by atoms with van der Waals surface area (Å²) in [6.07, 6.45) is 3.65. The van der Waals surface area contributed by atoms with Crippen LogP contribution in [0.4, 0.5) is 5.95 Å². The van der Waals surface area contributed by atoms with E-state index in [-0.39, 0.29) is 5.28 Å². The van der Waals surface area contributed by atoms with Crippen molar-refractivity contribution in [3.63, 3.8) is 0 Å². The zero-order valence-corrected chi connectivity index (χ0v) is 13.5. The monoisotopic (exact) mass is 320 g/mol. The van der Waals surface area contributed by atoms with Gasteiger partial charge in [0.1, 0.15) is 0 Å². The van der Waals surface area contributed by atoms with Crippen LogP contribution in [0.25, 0.3) is 0 Å². The second kappa shape index (κ2) is 6.62. The maximum atomic E-state index is 6.07. The van der Waals surface area contributed by atoms with Crippen LogP contribution in [0.1, 0.15) is 24.8 Å². The topological polar surface area (TPSA) is 41.9 Å². The first-order valence-corrected chi connectivity index (χ1v) is 8.32. The lowest BCUT2D eigenvalue weighted by Crippen LogP contribution is -2.31. The van der Waals surface area contributed by atoms with Crippen molar-refractivity contribution < 1.29 is 0 Å². The molecule has 0 atom stereocenters. The summed E-state index contributed by atoms with van der Waals surface area (Å²) in [6.45, 7) is 4.07. The molecule has 1 aromatic carbocycles. The van der Waals surface area contributed by atoms with E-state index in [9.17, 15) is 0 Å². The summed E-state index contributed by atoms with van der Waals surface area (Å²) in [5.74, 6) is 0.700. The molecule has 0 unspecified atom stereocenters. The Morgan fingerprint density at radius 3 is 2.57 bits per heavy atom. The molecule has 1 aliphatic heterocycles. The van der Waals surface area contributed by atoms with Crippen molar-refractivity contribution in [3.05, 3.63) is 35.1 Å². The highest BCUT2D eigenvalue weighted by Gasteiger charge is 2.16. The number of anilines is 1. The molecule has 0 amide bonds. The summed E-state index contributed by atoms with van der Waals surface area (Å²) < 4.78 is 0. The summed E-state index contributed by atoms with van der Waals surface area (Å²) in [5.41, 5.74) is 1.21. The number of rotatable bonds is 3. The molecule has 0 N–H and O–H groups in total. The van der Waals surface area contributed by atoms with Crippen molar-refractivity contribution in [2.45, 2.75) is 36.2 Å². The van der Waals surface area contributed by atoms with Gasteiger partial charge in [0.25, 0.3) is 0 Å². The van der Waals surface area contributed by atoms with Gasteiger partial charge in [-0.3, -0.25) is 0 Å². The van der Waals surface area contributed by atoms with Gasteiger partial charge in [0.15, 0.2) is 5.16 Å². The normalized spacial score (nSPS) is 15.2. The number of nitrogens with zero attached hydrogens (tertiary/aromatic N) is 4. The van der Waals surface area contributed by atoms with E-state index in [1.807, 2.05) is 12.1 Å². The van der Waals surface area contributed by atoms with Crippen LogP contribution in [0, 0.1) is 6.92 Å². The van der Waals surface area contributed by atoms with Crippen LogP contribution in [-0.2, 0) is 0 Å². The van der Waals surface area contributed by atoms with Crippen LogP contribution in [0.5, 0.6) is 0 Å². The molecule has 0 radical (unpaired) electrons. The van der Waals surface area contributed by atoms with E-state index in [0.29, 0.717) is 11.1 Å². The summed E-state index contributed by atoms with van der Waals surface area (Å²) in [5, 5.41) is 0.923. The Balaban J connectivity index is 1.85. The lowest BCUT2D eigenvalue weighted by atomic mass is 10.1. The molecular weight excluding hydrogens is 304 g/mol. The van der Waals surface area contributed by atoms with E-state index >= 15 is 0 Å². The van der Waals surface area contributed by atoms with Gasteiger partial charge in [0.05, 0.1) is 0 Å². The van der Waals surface area contributed by atoms with Gasteiger partial charge >= 0.3 is 0 Å². The minimum absolute atomic E-state index is 0.265. The van der Waals surface area contributed by atoms with Crippen molar-refractivity contribution in [1.82, 2.24) is 15.0 Å². The highest BCUT2D eigenvalue weighted by molar-refractivity contribution is 7.99. The Hall–Kier alpha value is -1.33. The third-order valence-electron chi connectivity index (χ3n) is 3.51. The summed E-state index contributed by atoms with van der Waals surface area (Å²) in [6, 6.07) is 8.19. The molecule has 1 aliphatic rings. The molecule has 1 aromatic heterocycles. The Bertz CT molecular complexity index is 629. The van der Waals surface area contributed by atoms with Gasteiger partial charge in [-0.2, -0.15) is 15.0 Å². The Kier molecular flexibility index (Phi) is 4.60. The summed E-state index contributed by atoms with van der Waals surface area (Å²) >= 11 is 7.61. The van der Waals surface area contributed by atoms with E-state index in [1.54, 1.807) is 0 Å². The number of benzene rings is 1. The summed E-state index contributed by atoms with van der Waals surface area (Å²) in [4.78, 5) is 16.4. The van der Waals surface area contributed by atoms with Gasteiger partial charge in [0.2, 0.25) is 11.2 Å². The highest BCUT2D eigenvalue weighted by Crippen LogP contribution is 2.29. The maximum Gasteiger partial charge on any atom is 0.230 e. The van der Waals surface area contributed by atoms with Gasteiger partial charge < -0.3 is 4.90 Å². The van der Waals surface area contributed by atoms with Gasteiger partial charge in [-0.25, -0.2) is 0 Å². The number of piperidine rings is 1. The third-order valence-corrected chi connectivity index (χ3v) is 4.72. The number of aryl methyl sites for hydroxylation is 1. The quantitative estimate of drug-likeness (QED) is 0.855. The molecule has 1 saturated heterocycles. The van der Waals surface area contributed by atoms with Gasteiger partial charge in [-0.05, 0) is 61.2 Å². The Labute approximate surface area is 134 Å². The van der Waals surface area contributed by atoms with Gasteiger partial charge in [-0.1, -0.05) is 18.2 Å². The largest absolute Gasteiger partial charge is 0.341 e. The fourth-order valence-corrected chi connectivity index (χ4v) is 3.41. The molecule has 2 aromatic rings. The van der Waals surface area contributed by atoms with Crippen LogP contribution in [0.3, 0.4) is 0 Å². The molecule has 6 heteroatoms. The molecule has 2 heterocycles. The predicted octanol–water partition coefficient (Wildman–Crippen LogP) is 3.97. The molecular formula is C15H17ClN4S. The smallest absolute Gasteiger partial charge is 0.230 e. The fraction of sp³-hybridized carbons (Fsp3) is 0.400. The Morgan fingerprint density at radius 2 is 1.81 bits per heavy atom. The van der Waals surface area contributed by atoms with Crippen molar-refractivity contribution >= 4 is 29.3 Å². The van der Waals surface area contributed by atoms with Crippen LogP contribution in [-0.4, -0.2) is 28.0 Å². The first kappa shape index (κ1) is 14.6. The number of aromatic nitrogens is 3. The minimum Gasteiger partial charge on any atom is -0.341 e. The average molecular weight is 321 g/mol. The number of hydrogen-bond donors (Lipinski definition) is 0. The maximum absolute atomic E-state index is 6.07. The first-order valence-electron chi connectivity index (χ1n) is 7.12. The molecule has 1 fully saturated rings. The van der Waals surface area contributed by atoms with E-state index < -0.39 is 0 Å². The fourth-order valence-electron chi connectivity index (χ4n) is 2.37. The second-order valence-corrected chi connectivity index (χ2v) is 6.45. The van der Waals surface area contributed by atoms with Crippen molar-refractivity contribution in [3.8, 4) is 0 Å². The highest BCUT2D eigenvalue weighted by atomic mass is 35.5. The molecule has 21 heavy (non-hydrogen) atoms. The SMILES string of the molecule is Cc1ccccc1Sc1nc(Cl)nc(N2CCCCC2)n1. The standard InChI is InChI=1S/C15H17ClN4S/c1-11-7-3-4-8-12(11)21-15-18-13(16)17-14(19-15)20-9-5-2-6-10-20/h3-4,7-8H,2,5-6,9-10H2,1H3. The molecule has 0 spiro atoms. The number of halogens is 1. The zero-order chi connectivity index (χ0) is 14.7. The van der Waals surface area contributed by atoms with Crippen molar-refractivity contribution in [2.24, 2.45) is 0 Å². The lowest BCUT2D eigenvalue weighted by Gasteiger charge is -2.26. The minimum atomic E-state index is 0.265. The molecule has 0 aliphatic carbocycles. The first-order chi connectivity index (χ1) is 10.2. The Morgan fingerprint density at radius 1 is 1.05 bits per heavy atom. The van der Waals surface area contributed by atoms with Crippen LogP contribution >= 0.6 is 23.4 Å². The predicted molar refractivity (Wildman–Crippen MR) is 86.2 cm³/mol. The van der Waals surface area contributed by atoms with Crippen LogP contribution < -0.4 is 4.90 Å². The molecule has 0 bridgehead atoms. The van der Waals surface area contributed by atoms with Crippen LogP contribution in [0.2, 0.25) is 5.28 Å². The third kappa shape index (κ3) is 3.66. The van der Waals surface area contributed by atoms with Crippen molar-refractivity contribution in [2.75, 3.05) is 18.0 Å². The van der Waals surface area contributed by atoms with Crippen molar-refractivity contribution in [1.29, 1.82) is 0 Å². The summed E-state index contributed by atoms with van der Waals surface area (Å²) in [7, 11) is 0. The van der Waals surface area contributed by atoms with Gasteiger partial charge in [-0.15, -0.1) is 0 Å². The van der Waals surface area contributed by atoms with E-state index in [2.05, 4.69) is 38.9 Å². The molecule has 0 saturated carbocycles. The second-order valence-electron chi connectivity index (χ2n) is 5.10. The van der Waals surface area contributed by atoms with E-state index in [1.165, 1.54) is 36.6 Å². The van der Waals surface area contributed by atoms with E-state index in [0.717, 1.165) is 18.0 Å². The molecule has 110 valence electrons. The van der Waals surface area contributed by atoms with E-state index in [4.69, 9.17) is 11.6 Å².